The molecule has 0 saturated carbocycles. The SMILES string of the molecule is O=C([C@@H]1CN(C(=O)/C=C/c2ccc3c(c2)OCCO3)c2ccccc2O1)N1CCOCC1. The van der Waals surface area contributed by atoms with Gasteiger partial charge in [-0.1, -0.05) is 18.2 Å². The average molecular weight is 436 g/mol. The van der Waals surface area contributed by atoms with Crippen molar-refractivity contribution in [3.63, 3.8) is 0 Å². The Labute approximate surface area is 185 Å². The van der Waals surface area contributed by atoms with Crippen LogP contribution >= 0.6 is 0 Å². The van der Waals surface area contributed by atoms with Gasteiger partial charge in [-0.25, -0.2) is 0 Å². The van der Waals surface area contributed by atoms with E-state index in [0.717, 1.165) is 5.56 Å². The Bertz CT molecular complexity index is 1050. The number of nitrogens with zero attached hydrogens (tertiary/aromatic N) is 2. The molecule has 1 saturated heterocycles. The van der Waals surface area contributed by atoms with E-state index in [1.165, 1.54) is 6.08 Å². The van der Waals surface area contributed by atoms with Gasteiger partial charge in [0.05, 0.1) is 25.4 Å². The third-order valence-electron chi connectivity index (χ3n) is 5.62. The summed E-state index contributed by atoms with van der Waals surface area (Å²) in [6, 6.07) is 12.8. The van der Waals surface area contributed by atoms with Gasteiger partial charge < -0.3 is 28.7 Å². The van der Waals surface area contributed by atoms with Crippen molar-refractivity contribution in [1.29, 1.82) is 0 Å². The van der Waals surface area contributed by atoms with Crippen molar-refractivity contribution in [2.24, 2.45) is 0 Å². The maximum atomic E-state index is 13.2. The lowest BCUT2D eigenvalue weighted by Gasteiger charge is -2.37. The number of carbonyl (C=O) groups excluding carboxylic acids is 2. The van der Waals surface area contributed by atoms with Crippen LogP contribution < -0.4 is 19.1 Å². The topological polar surface area (TPSA) is 77.5 Å². The highest BCUT2D eigenvalue weighted by atomic mass is 16.6. The predicted octanol–water partition coefficient (Wildman–Crippen LogP) is 2.12. The first-order valence-corrected chi connectivity index (χ1v) is 10.7. The first-order chi connectivity index (χ1) is 15.7. The summed E-state index contributed by atoms with van der Waals surface area (Å²) in [7, 11) is 0. The van der Waals surface area contributed by atoms with Gasteiger partial charge in [-0.3, -0.25) is 9.59 Å². The normalized spacial score (nSPS) is 19.9. The summed E-state index contributed by atoms with van der Waals surface area (Å²) in [5.41, 5.74) is 1.47. The van der Waals surface area contributed by atoms with E-state index in [1.54, 1.807) is 21.9 Å². The van der Waals surface area contributed by atoms with Gasteiger partial charge in [-0.2, -0.15) is 0 Å². The van der Waals surface area contributed by atoms with Crippen molar-refractivity contribution in [3.8, 4) is 17.2 Å². The van der Waals surface area contributed by atoms with Crippen LogP contribution in [0.15, 0.2) is 48.5 Å². The molecule has 3 aliphatic rings. The molecule has 1 atom stereocenters. The van der Waals surface area contributed by atoms with Crippen LogP contribution in [-0.2, 0) is 14.3 Å². The summed E-state index contributed by atoms with van der Waals surface area (Å²) in [6.07, 6.45) is 2.48. The van der Waals surface area contributed by atoms with Gasteiger partial charge in [-0.15, -0.1) is 0 Å². The molecule has 0 aliphatic carbocycles. The van der Waals surface area contributed by atoms with Crippen molar-refractivity contribution in [2.45, 2.75) is 6.10 Å². The zero-order valence-corrected chi connectivity index (χ0v) is 17.6. The minimum absolute atomic E-state index is 0.128. The summed E-state index contributed by atoms with van der Waals surface area (Å²) in [5.74, 6) is 1.53. The molecular formula is C24H24N2O6. The Morgan fingerprint density at radius 3 is 2.53 bits per heavy atom. The Morgan fingerprint density at radius 1 is 0.906 bits per heavy atom. The van der Waals surface area contributed by atoms with E-state index in [2.05, 4.69) is 0 Å². The number of amides is 2. The molecule has 0 unspecified atom stereocenters. The molecule has 2 amide bonds. The fraction of sp³-hybridized carbons (Fsp3) is 0.333. The molecule has 8 heteroatoms. The highest BCUT2D eigenvalue weighted by Gasteiger charge is 2.35. The molecule has 2 aromatic carbocycles. The van der Waals surface area contributed by atoms with E-state index in [4.69, 9.17) is 18.9 Å². The summed E-state index contributed by atoms with van der Waals surface area (Å²) in [5, 5.41) is 0. The molecule has 3 aliphatic heterocycles. The Balaban J connectivity index is 1.35. The van der Waals surface area contributed by atoms with Crippen molar-refractivity contribution in [2.75, 3.05) is 51.0 Å². The zero-order valence-electron chi connectivity index (χ0n) is 17.6. The summed E-state index contributed by atoms with van der Waals surface area (Å²) in [4.78, 5) is 29.5. The number of ether oxygens (including phenoxy) is 4. The number of hydrogen-bond donors (Lipinski definition) is 0. The van der Waals surface area contributed by atoms with E-state index >= 15 is 0 Å². The molecule has 1 fully saturated rings. The van der Waals surface area contributed by atoms with Gasteiger partial charge in [0.1, 0.15) is 19.0 Å². The second-order valence-corrected chi connectivity index (χ2v) is 7.70. The summed E-state index contributed by atoms with van der Waals surface area (Å²) < 4.78 is 22.5. The van der Waals surface area contributed by atoms with Gasteiger partial charge in [0.2, 0.25) is 0 Å². The van der Waals surface area contributed by atoms with Crippen LogP contribution in [0.5, 0.6) is 17.2 Å². The highest BCUT2D eigenvalue weighted by Crippen LogP contribution is 2.34. The number of carbonyl (C=O) groups is 2. The van der Waals surface area contributed by atoms with Crippen molar-refractivity contribution in [1.82, 2.24) is 4.90 Å². The largest absolute Gasteiger partial charge is 0.486 e. The van der Waals surface area contributed by atoms with Crippen LogP contribution in [0.1, 0.15) is 5.56 Å². The van der Waals surface area contributed by atoms with E-state index in [-0.39, 0.29) is 18.4 Å². The molecule has 2 aromatic rings. The quantitative estimate of drug-likeness (QED) is 0.686. The van der Waals surface area contributed by atoms with Gasteiger partial charge in [-0.05, 0) is 35.9 Å². The first-order valence-electron chi connectivity index (χ1n) is 10.7. The van der Waals surface area contributed by atoms with Crippen LogP contribution in [0, 0.1) is 0 Å². The number of benzene rings is 2. The molecule has 0 bridgehead atoms. The fourth-order valence-electron chi connectivity index (χ4n) is 3.98. The average Bonchev–Trinajstić information content (AvgIpc) is 2.86. The van der Waals surface area contributed by atoms with E-state index in [1.807, 2.05) is 36.4 Å². The first kappa shape index (κ1) is 20.4. The third-order valence-corrected chi connectivity index (χ3v) is 5.62. The maximum Gasteiger partial charge on any atom is 0.265 e. The lowest BCUT2D eigenvalue weighted by atomic mass is 10.1. The third kappa shape index (κ3) is 4.13. The number of fused-ring (bicyclic) bond motifs is 2. The number of hydrogen-bond acceptors (Lipinski definition) is 6. The molecule has 8 nitrogen and oxygen atoms in total. The molecule has 0 spiro atoms. The fourth-order valence-corrected chi connectivity index (χ4v) is 3.98. The van der Waals surface area contributed by atoms with Crippen molar-refractivity contribution in [3.05, 3.63) is 54.1 Å². The van der Waals surface area contributed by atoms with Crippen LogP contribution in [0.25, 0.3) is 6.08 Å². The molecule has 0 N–H and O–H groups in total. The van der Waals surface area contributed by atoms with Crippen LogP contribution in [-0.4, -0.2) is 68.9 Å². The zero-order chi connectivity index (χ0) is 21.9. The second-order valence-electron chi connectivity index (χ2n) is 7.70. The number of para-hydroxylation sites is 2. The smallest absolute Gasteiger partial charge is 0.265 e. The molecule has 32 heavy (non-hydrogen) atoms. The van der Waals surface area contributed by atoms with Crippen LogP contribution in [0.3, 0.4) is 0 Å². The minimum Gasteiger partial charge on any atom is -0.486 e. The highest BCUT2D eigenvalue weighted by molar-refractivity contribution is 6.05. The van der Waals surface area contributed by atoms with E-state index in [9.17, 15) is 9.59 Å². The van der Waals surface area contributed by atoms with E-state index < -0.39 is 6.10 Å². The van der Waals surface area contributed by atoms with Crippen molar-refractivity contribution >= 4 is 23.6 Å². The Morgan fingerprint density at radius 2 is 1.69 bits per heavy atom. The monoisotopic (exact) mass is 436 g/mol. The molecule has 5 rings (SSSR count). The summed E-state index contributed by atoms with van der Waals surface area (Å²) >= 11 is 0. The number of rotatable bonds is 3. The lowest BCUT2D eigenvalue weighted by molar-refractivity contribution is -0.142. The molecule has 0 radical (unpaired) electrons. The second kappa shape index (κ2) is 8.92. The minimum atomic E-state index is -0.755. The Hall–Kier alpha value is -3.52. The Kier molecular flexibility index (Phi) is 5.68. The summed E-state index contributed by atoms with van der Waals surface area (Å²) in [6.45, 7) is 3.25. The number of anilines is 1. The molecular weight excluding hydrogens is 412 g/mol. The number of morpholine rings is 1. The van der Waals surface area contributed by atoms with E-state index in [0.29, 0.717) is 62.5 Å². The van der Waals surface area contributed by atoms with Crippen LogP contribution in [0.4, 0.5) is 5.69 Å². The standard InChI is InChI=1S/C24H24N2O6/c27-23(8-6-17-5-7-20-21(15-17)31-14-13-30-20)26-16-22(24(28)25-9-11-29-12-10-25)32-19-4-2-1-3-18(19)26/h1-8,15,22H,9-14,16H2/b8-6+/t22-/m0/s1. The molecule has 3 heterocycles. The molecule has 0 aromatic heterocycles. The lowest BCUT2D eigenvalue weighted by Crippen LogP contribution is -2.53. The van der Waals surface area contributed by atoms with Gasteiger partial charge in [0.15, 0.2) is 17.6 Å². The van der Waals surface area contributed by atoms with Crippen molar-refractivity contribution < 1.29 is 28.5 Å². The van der Waals surface area contributed by atoms with Gasteiger partial charge in [0.25, 0.3) is 11.8 Å². The molecule has 166 valence electrons. The van der Waals surface area contributed by atoms with Gasteiger partial charge >= 0.3 is 0 Å². The van der Waals surface area contributed by atoms with Gasteiger partial charge in [0, 0.05) is 19.2 Å². The predicted molar refractivity (Wildman–Crippen MR) is 117 cm³/mol. The van der Waals surface area contributed by atoms with Crippen LogP contribution in [0.2, 0.25) is 0 Å². The maximum absolute atomic E-state index is 13.2.